The zero-order valence-corrected chi connectivity index (χ0v) is 20.9. The van der Waals surface area contributed by atoms with Crippen LogP contribution in [0.2, 0.25) is 0 Å². The van der Waals surface area contributed by atoms with Gasteiger partial charge in [0, 0.05) is 39.8 Å². The predicted molar refractivity (Wildman–Crippen MR) is 133 cm³/mol. The molecule has 1 aliphatic heterocycles. The average Bonchev–Trinajstić information content (AvgIpc) is 2.74. The van der Waals surface area contributed by atoms with Gasteiger partial charge in [-0.3, -0.25) is 14.8 Å². The molecule has 1 heterocycles. The Morgan fingerprint density at radius 3 is 2.31 bits per heavy atom. The second-order valence-corrected chi connectivity index (χ2v) is 7.50. The summed E-state index contributed by atoms with van der Waals surface area (Å²) in [4.78, 5) is 9.39. The fraction of sp³-hybridized carbons (Fsp3) is 0.682. The number of likely N-dealkylation sites (N-methyl/N-ethyl adjacent to an activating group) is 1. The molecule has 0 aromatic heterocycles. The lowest BCUT2D eigenvalue weighted by Gasteiger charge is -2.31. The first kappa shape index (κ1) is 26.1. The number of morpholine rings is 1. The first-order valence-electron chi connectivity index (χ1n) is 10.7. The molecule has 7 heteroatoms. The molecule has 1 aromatic carbocycles. The Morgan fingerprint density at radius 1 is 1.10 bits per heavy atom. The van der Waals surface area contributed by atoms with Crippen molar-refractivity contribution in [2.75, 3.05) is 66.1 Å². The predicted octanol–water partition coefficient (Wildman–Crippen LogP) is 2.82. The molecule has 0 aliphatic carbocycles. The number of benzene rings is 1. The minimum atomic E-state index is 0. The van der Waals surface area contributed by atoms with Crippen molar-refractivity contribution in [3.63, 3.8) is 0 Å². The van der Waals surface area contributed by atoms with Crippen LogP contribution in [0.3, 0.4) is 0 Å². The number of rotatable bonds is 10. The maximum absolute atomic E-state index is 5.44. The highest BCUT2D eigenvalue weighted by atomic mass is 127. The van der Waals surface area contributed by atoms with Crippen LogP contribution in [0.1, 0.15) is 32.4 Å². The molecule has 0 bridgehead atoms. The van der Waals surface area contributed by atoms with Gasteiger partial charge in [-0.2, -0.15) is 0 Å². The van der Waals surface area contributed by atoms with Gasteiger partial charge < -0.3 is 15.4 Å². The first-order chi connectivity index (χ1) is 13.7. The summed E-state index contributed by atoms with van der Waals surface area (Å²) in [5.41, 5.74) is 1.34. The normalized spacial score (nSPS) is 17.5. The standard InChI is InChI=1S/C22H39N5O.HI/c1-5-27(6-2)21(20-10-8-7-9-11-20)17-25-22(23-4)24-16-19(3)18-26-12-14-28-15-13-26;/h7-11,19,21H,5-6,12-18H2,1-4H3,(H2,23,24,25);1H. The Labute approximate surface area is 194 Å². The van der Waals surface area contributed by atoms with E-state index < -0.39 is 0 Å². The van der Waals surface area contributed by atoms with Crippen LogP contribution in [0.15, 0.2) is 35.3 Å². The molecule has 1 aromatic rings. The Hall–Kier alpha value is -0.900. The van der Waals surface area contributed by atoms with Gasteiger partial charge in [-0.25, -0.2) is 0 Å². The Morgan fingerprint density at radius 2 is 1.72 bits per heavy atom. The van der Waals surface area contributed by atoms with Crippen molar-refractivity contribution in [3.8, 4) is 0 Å². The molecule has 6 nitrogen and oxygen atoms in total. The van der Waals surface area contributed by atoms with Crippen molar-refractivity contribution in [2.24, 2.45) is 10.9 Å². The number of aliphatic imine (C=N–C) groups is 1. The highest BCUT2D eigenvalue weighted by molar-refractivity contribution is 14.0. The number of nitrogens with zero attached hydrogens (tertiary/aromatic N) is 3. The van der Waals surface area contributed by atoms with Gasteiger partial charge in [0.15, 0.2) is 5.96 Å². The lowest BCUT2D eigenvalue weighted by atomic mass is 10.1. The molecular weight excluding hydrogens is 477 g/mol. The van der Waals surface area contributed by atoms with E-state index in [-0.39, 0.29) is 24.0 Å². The lowest BCUT2D eigenvalue weighted by molar-refractivity contribution is 0.0320. The number of halogens is 1. The Kier molecular flexibility index (Phi) is 13.5. The molecule has 2 atom stereocenters. The number of hydrogen-bond donors (Lipinski definition) is 2. The van der Waals surface area contributed by atoms with Gasteiger partial charge in [-0.05, 0) is 24.6 Å². The van der Waals surface area contributed by atoms with Crippen molar-refractivity contribution in [1.82, 2.24) is 20.4 Å². The minimum Gasteiger partial charge on any atom is -0.379 e. The highest BCUT2D eigenvalue weighted by Crippen LogP contribution is 2.19. The third-order valence-electron chi connectivity index (χ3n) is 5.42. The van der Waals surface area contributed by atoms with Crippen LogP contribution in [-0.4, -0.2) is 81.8 Å². The molecule has 29 heavy (non-hydrogen) atoms. The average molecular weight is 518 g/mol. The summed E-state index contributed by atoms with van der Waals surface area (Å²) in [7, 11) is 1.84. The monoisotopic (exact) mass is 517 g/mol. The van der Waals surface area contributed by atoms with Crippen molar-refractivity contribution in [2.45, 2.75) is 26.8 Å². The summed E-state index contributed by atoms with van der Waals surface area (Å²) in [6, 6.07) is 11.1. The van der Waals surface area contributed by atoms with Crippen LogP contribution < -0.4 is 10.6 Å². The fourth-order valence-corrected chi connectivity index (χ4v) is 3.77. The highest BCUT2D eigenvalue weighted by Gasteiger charge is 2.18. The molecule has 2 rings (SSSR count). The quantitative estimate of drug-likeness (QED) is 0.284. The second-order valence-electron chi connectivity index (χ2n) is 7.50. The topological polar surface area (TPSA) is 52.1 Å². The second kappa shape index (κ2) is 15.0. The van der Waals surface area contributed by atoms with E-state index in [0.717, 1.165) is 65.0 Å². The first-order valence-corrected chi connectivity index (χ1v) is 10.7. The summed E-state index contributed by atoms with van der Waals surface area (Å²) in [6.45, 7) is 15.4. The summed E-state index contributed by atoms with van der Waals surface area (Å²) < 4.78 is 5.44. The van der Waals surface area contributed by atoms with E-state index >= 15 is 0 Å². The van der Waals surface area contributed by atoms with Crippen molar-refractivity contribution >= 4 is 29.9 Å². The zero-order chi connectivity index (χ0) is 20.2. The molecule has 2 unspecified atom stereocenters. The van der Waals surface area contributed by atoms with E-state index in [2.05, 4.69) is 76.5 Å². The van der Waals surface area contributed by atoms with E-state index in [1.54, 1.807) is 0 Å². The Balaban J connectivity index is 0.00000420. The molecule has 1 fully saturated rings. The molecule has 166 valence electrons. The van der Waals surface area contributed by atoms with Gasteiger partial charge in [0.05, 0.1) is 19.3 Å². The smallest absolute Gasteiger partial charge is 0.191 e. The Bertz CT molecular complexity index is 562. The van der Waals surface area contributed by atoms with E-state index in [1.807, 2.05) is 7.05 Å². The third-order valence-corrected chi connectivity index (χ3v) is 5.42. The van der Waals surface area contributed by atoms with Gasteiger partial charge in [0.25, 0.3) is 0 Å². The number of ether oxygens (including phenoxy) is 1. The van der Waals surface area contributed by atoms with Crippen molar-refractivity contribution in [3.05, 3.63) is 35.9 Å². The van der Waals surface area contributed by atoms with Gasteiger partial charge in [0.1, 0.15) is 0 Å². The van der Waals surface area contributed by atoms with E-state index in [9.17, 15) is 0 Å². The largest absolute Gasteiger partial charge is 0.379 e. The molecule has 1 aliphatic rings. The molecule has 0 saturated carbocycles. The van der Waals surface area contributed by atoms with Crippen LogP contribution in [0, 0.1) is 5.92 Å². The fourth-order valence-electron chi connectivity index (χ4n) is 3.77. The number of hydrogen-bond acceptors (Lipinski definition) is 4. The van der Waals surface area contributed by atoms with Gasteiger partial charge in [0.2, 0.25) is 0 Å². The molecule has 1 saturated heterocycles. The van der Waals surface area contributed by atoms with Crippen LogP contribution in [-0.2, 0) is 4.74 Å². The zero-order valence-electron chi connectivity index (χ0n) is 18.6. The van der Waals surface area contributed by atoms with Crippen molar-refractivity contribution < 1.29 is 4.74 Å². The van der Waals surface area contributed by atoms with E-state index in [4.69, 9.17) is 4.74 Å². The summed E-state index contributed by atoms with van der Waals surface area (Å²) in [5, 5.41) is 7.04. The molecule has 2 N–H and O–H groups in total. The van der Waals surface area contributed by atoms with Gasteiger partial charge in [-0.1, -0.05) is 51.1 Å². The van der Waals surface area contributed by atoms with Crippen LogP contribution in [0.25, 0.3) is 0 Å². The maximum Gasteiger partial charge on any atom is 0.191 e. The molecule has 0 radical (unpaired) electrons. The van der Waals surface area contributed by atoms with Crippen molar-refractivity contribution in [1.29, 1.82) is 0 Å². The lowest BCUT2D eigenvalue weighted by Crippen LogP contribution is -2.46. The van der Waals surface area contributed by atoms with Crippen LogP contribution >= 0.6 is 24.0 Å². The molecule has 0 amide bonds. The van der Waals surface area contributed by atoms with Crippen LogP contribution in [0.5, 0.6) is 0 Å². The summed E-state index contributed by atoms with van der Waals surface area (Å²) >= 11 is 0. The number of guanidine groups is 1. The summed E-state index contributed by atoms with van der Waals surface area (Å²) in [6.07, 6.45) is 0. The number of nitrogens with one attached hydrogen (secondary N) is 2. The summed E-state index contributed by atoms with van der Waals surface area (Å²) in [5.74, 6) is 1.44. The van der Waals surface area contributed by atoms with Gasteiger partial charge >= 0.3 is 0 Å². The van der Waals surface area contributed by atoms with Gasteiger partial charge in [-0.15, -0.1) is 24.0 Å². The van der Waals surface area contributed by atoms with Crippen LogP contribution in [0.4, 0.5) is 0 Å². The molecular formula is C22H40IN5O. The SMILES string of the molecule is CCN(CC)C(CNC(=NC)NCC(C)CN1CCOCC1)c1ccccc1.I. The minimum absolute atomic E-state index is 0. The molecule has 0 spiro atoms. The maximum atomic E-state index is 5.44. The van der Waals surface area contributed by atoms with E-state index in [1.165, 1.54) is 5.56 Å². The third kappa shape index (κ3) is 9.19. The van der Waals surface area contributed by atoms with E-state index in [0.29, 0.717) is 12.0 Å².